The van der Waals surface area contributed by atoms with E-state index in [9.17, 15) is 22.8 Å². The molecule has 0 unspecified atom stereocenters. The van der Waals surface area contributed by atoms with Crippen molar-refractivity contribution in [2.45, 2.75) is 32.5 Å². The fourth-order valence-electron chi connectivity index (χ4n) is 3.20. The van der Waals surface area contributed by atoms with Crippen molar-refractivity contribution in [1.29, 1.82) is 0 Å². The van der Waals surface area contributed by atoms with E-state index in [0.29, 0.717) is 12.2 Å². The van der Waals surface area contributed by atoms with Gasteiger partial charge in [-0.3, -0.25) is 4.79 Å². The molecule has 3 aromatic rings. The number of hydrogen-bond donors (Lipinski definition) is 0. The molecular formula is C24H23F3O7. The molecule has 1 heterocycles. The van der Waals surface area contributed by atoms with E-state index < -0.39 is 35.5 Å². The van der Waals surface area contributed by atoms with Crippen LogP contribution in [-0.2, 0) is 15.7 Å². The van der Waals surface area contributed by atoms with Crippen LogP contribution in [0.15, 0.2) is 45.6 Å². The summed E-state index contributed by atoms with van der Waals surface area (Å²) in [6, 6.07) is 7.75. The second-order valence-electron chi connectivity index (χ2n) is 7.36. The van der Waals surface area contributed by atoms with Gasteiger partial charge in [-0.25, -0.2) is 4.79 Å². The number of halogens is 3. The zero-order valence-electron chi connectivity index (χ0n) is 18.9. The Hall–Kier alpha value is -3.69. The lowest BCUT2D eigenvalue weighted by atomic mass is 10.0. The number of alkyl halides is 3. The van der Waals surface area contributed by atoms with E-state index in [4.69, 9.17) is 23.4 Å². The van der Waals surface area contributed by atoms with Gasteiger partial charge >= 0.3 is 12.1 Å². The monoisotopic (exact) mass is 480 g/mol. The molecule has 0 aliphatic carbocycles. The first-order valence-electron chi connectivity index (χ1n) is 10.3. The van der Waals surface area contributed by atoms with Crippen molar-refractivity contribution in [2.75, 3.05) is 20.8 Å². The van der Waals surface area contributed by atoms with Crippen LogP contribution in [0.2, 0.25) is 0 Å². The van der Waals surface area contributed by atoms with Gasteiger partial charge in [0.25, 0.3) is 0 Å². The summed E-state index contributed by atoms with van der Waals surface area (Å²) >= 11 is 0. The van der Waals surface area contributed by atoms with E-state index in [1.807, 2.05) is 6.92 Å². The number of ether oxygens (including phenoxy) is 4. The van der Waals surface area contributed by atoms with E-state index in [1.165, 1.54) is 44.6 Å². The highest BCUT2D eigenvalue weighted by Crippen LogP contribution is 2.40. The fourth-order valence-corrected chi connectivity index (χ4v) is 3.20. The van der Waals surface area contributed by atoms with Crippen molar-refractivity contribution in [3.63, 3.8) is 0 Å². The van der Waals surface area contributed by atoms with Crippen LogP contribution in [0.3, 0.4) is 0 Å². The molecule has 0 saturated carbocycles. The second-order valence-corrected chi connectivity index (χ2v) is 7.36. The molecule has 34 heavy (non-hydrogen) atoms. The average molecular weight is 480 g/mol. The highest BCUT2D eigenvalue weighted by molar-refractivity contribution is 5.84. The molecule has 10 heteroatoms. The summed E-state index contributed by atoms with van der Waals surface area (Å²) in [7, 11) is 2.71. The van der Waals surface area contributed by atoms with Crippen LogP contribution in [0.5, 0.6) is 17.2 Å². The number of carbonyl (C=O) groups excluding carboxylic acids is 1. The van der Waals surface area contributed by atoms with Crippen LogP contribution in [0.25, 0.3) is 22.1 Å². The summed E-state index contributed by atoms with van der Waals surface area (Å²) in [5.74, 6) is -1.61. The molecule has 182 valence electrons. The smallest absolute Gasteiger partial charge is 0.450 e. The highest BCUT2D eigenvalue weighted by Gasteiger charge is 2.39. The Morgan fingerprint density at radius 3 is 2.38 bits per heavy atom. The summed E-state index contributed by atoms with van der Waals surface area (Å²) in [4.78, 5) is 24.9. The van der Waals surface area contributed by atoms with Gasteiger partial charge in [0.15, 0.2) is 18.1 Å². The quantitative estimate of drug-likeness (QED) is 0.409. The Bertz CT molecular complexity index is 1250. The van der Waals surface area contributed by atoms with Gasteiger partial charge in [-0.1, -0.05) is 13.0 Å². The Balaban J connectivity index is 2.07. The summed E-state index contributed by atoms with van der Waals surface area (Å²) in [5.41, 5.74) is -1.93. The van der Waals surface area contributed by atoms with E-state index in [2.05, 4.69) is 0 Å². The number of fused-ring (bicyclic) bond motifs is 1. The number of carbonyl (C=O) groups is 1. The van der Waals surface area contributed by atoms with Gasteiger partial charge < -0.3 is 23.4 Å². The first kappa shape index (κ1) is 24.9. The van der Waals surface area contributed by atoms with Crippen molar-refractivity contribution < 1.29 is 41.3 Å². The number of esters is 1. The largest absolute Gasteiger partial charge is 0.493 e. The highest BCUT2D eigenvalue weighted by atomic mass is 19.4. The summed E-state index contributed by atoms with van der Waals surface area (Å²) in [6.45, 7) is 3.12. The molecule has 0 radical (unpaired) electrons. The Morgan fingerprint density at radius 2 is 1.76 bits per heavy atom. The minimum atomic E-state index is -4.97. The van der Waals surface area contributed by atoms with Crippen molar-refractivity contribution in [3.05, 3.63) is 52.4 Å². The van der Waals surface area contributed by atoms with Gasteiger partial charge in [-0.2, -0.15) is 13.2 Å². The minimum Gasteiger partial charge on any atom is -0.493 e. The summed E-state index contributed by atoms with van der Waals surface area (Å²) in [5, 5.41) is -0.0904. The molecule has 0 aliphatic heterocycles. The van der Waals surface area contributed by atoms with Gasteiger partial charge in [0.1, 0.15) is 11.3 Å². The van der Waals surface area contributed by atoms with E-state index >= 15 is 0 Å². The van der Waals surface area contributed by atoms with Gasteiger partial charge in [0.2, 0.25) is 11.2 Å². The zero-order chi connectivity index (χ0) is 25.0. The Labute approximate surface area is 193 Å². The lowest BCUT2D eigenvalue weighted by Crippen LogP contribution is -2.20. The maximum absolute atomic E-state index is 13.9. The van der Waals surface area contributed by atoms with Crippen LogP contribution >= 0.6 is 0 Å². The molecule has 2 aromatic carbocycles. The fraction of sp³-hybridized carbons (Fsp3) is 0.333. The zero-order valence-corrected chi connectivity index (χ0v) is 18.9. The first-order valence-corrected chi connectivity index (χ1v) is 10.3. The number of rotatable bonds is 8. The molecule has 7 nitrogen and oxygen atoms in total. The predicted molar refractivity (Wildman–Crippen MR) is 117 cm³/mol. The first-order chi connectivity index (χ1) is 16.1. The molecule has 1 atom stereocenters. The molecule has 0 saturated heterocycles. The van der Waals surface area contributed by atoms with Crippen molar-refractivity contribution in [1.82, 2.24) is 0 Å². The normalized spacial score (nSPS) is 12.3. The van der Waals surface area contributed by atoms with Crippen molar-refractivity contribution in [2.24, 2.45) is 0 Å². The third-order valence-electron chi connectivity index (χ3n) is 5.06. The molecule has 0 bridgehead atoms. The Kier molecular flexibility index (Phi) is 7.38. The van der Waals surface area contributed by atoms with Gasteiger partial charge in [-0.05, 0) is 43.2 Å². The van der Waals surface area contributed by atoms with E-state index in [-0.39, 0.29) is 34.1 Å². The molecular weight excluding hydrogens is 457 g/mol. The minimum absolute atomic E-state index is 0.0451. The molecule has 0 amide bonds. The third-order valence-corrected chi connectivity index (χ3v) is 5.06. The molecule has 1 aromatic heterocycles. The van der Waals surface area contributed by atoms with Crippen LogP contribution in [-0.4, -0.2) is 32.9 Å². The van der Waals surface area contributed by atoms with Crippen molar-refractivity contribution in [3.8, 4) is 28.4 Å². The molecule has 0 N–H and O–H groups in total. The molecule has 3 rings (SSSR count). The number of methoxy groups -OCH3 is 2. The summed E-state index contributed by atoms with van der Waals surface area (Å²) < 4.78 is 67.5. The predicted octanol–water partition coefficient (Wildman–Crippen LogP) is 5.22. The lowest BCUT2D eigenvalue weighted by molar-refractivity contribution is -0.152. The average Bonchev–Trinajstić information content (AvgIpc) is 2.81. The van der Waals surface area contributed by atoms with E-state index in [0.717, 1.165) is 6.07 Å². The number of benzene rings is 2. The van der Waals surface area contributed by atoms with Crippen molar-refractivity contribution >= 4 is 16.9 Å². The number of hydrogen-bond acceptors (Lipinski definition) is 7. The third kappa shape index (κ3) is 5.27. The molecule has 0 fully saturated rings. The standard InChI is InChI=1S/C24H23F3O7/c1-5-13(2)33-20(28)12-32-15-7-8-16-18(11-15)34-23(24(25,26)27)21(22(16)29)14-6-9-17(30-3)19(10-14)31-4/h6-11,13H,5,12H2,1-4H3/t13-/m0/s1. The SMILES string of the molecule is CC[C@H](C)OC(=O)COc1ccc2c(=O)c(-c3ccc(OC)c(OC)c3)c(C(F)(F)F)oc2c1. The van der Waals surface area contributed by atoms with Crippen LogP contribution in [0.1, 0.15) is 26.0 Å². The van der Waals surface area contributed by atoms with Gasteiger partial charge in [-0.15, -0.1) is 0 Å². The Morgan fingerprint density at radius 1 is 1.06 bits per heavy atom. The van der Waals surface area contributed by atoms with Crippen LogP contribution < -0.4 is 19.6 Å². The maximum atomic E-state index is 13.9. The molecule has 0 spiro atoms. The lowest BCUT2D eigenvalue weighted by Gasteiger charge is -2.15. The van der Waals surface area contributed by atoms with Gasteiger partial charge in [0, 0.05) is 6.07 Å². The topological polar surface area (TPSA) is 84.2 Å². The molecule has 0 aliphatic rings. The van der Waals surface area contributed by atoms with E-state index in [1.54, 1.807) is 6.92 Å². The van der Waals surface area contributed by atoms with Crippen LogP contribution in [0.4, 0.5) is 13.2 Å². The summed E-state index contributed by atoms with van der Waals surface area (Å²) in [6.07, 6.45) is -4.64. The van der Waals surface area contributed by atoms with Gasteiger partial charge in [0.05, 0.1) is 31.3 Å². The second kappa shape index (κ2) is 10.1. The maximum Gasteiger partial charge on any atom is 0.450 e. The van der Waals surface area contributed by atoms with Crippen LogP contribution in [0, 0.1) is 0 Å².